The minimum atomic E-state index is -0.895. The van der Waals surface area contributed by atoms with Crippen LogP contribution in [0.2, 0.25) is 0 Å². The third-order valence-corrected chi connectivity index (χ3v) is 6.22. The first-order chi connectivity index (χ1) is 14.0. The molecule has 1 fully saturated rings. The topological polar surface area (TPSA) is 83.1 Å². The number of rotatable bonds is 4. The van der Waals surface area contributed by atoms with Crippen LogP contribution in [0.3, 0.4) is 0 Å². The van der Waals surface area contributed by atoms with Crippen LogP contribution in [-0.4, -0.2) is 16.8 Å². The minimum absolute atomic E-state index is 0.244. The van der Waals surface area contributed by atoms with E-state index in [9.17, 15) is 9.59 Å². The second-order valence-electron chi connectivity index (χ2n) is 7.09. The largest absolute Gasteiger partial charge is 0.301 e. The van der Waals surface area contributed by atoms with Crippen LogP contribution in [0.1, 0.15) is 33.7 Å². The van der Waals surface area contributed by atoms with Gasteiger partial charge in [0.15, 0.2) is 5.13 Å². The molecule has 0 aliphatic carbocycles. The highest BCUT2D eigenvalue weighted by Gasteiger charge is 2.44. The fourth-order valence-corrected chi connectivity index (χ4v) is 4.49. The molecule has 0 spiro atoms. The Kier molecular flexibility index (Phi) is 5.42. The molecule has 3 atom stereocenters. The van der Waals surface area contributed by atoms with Crippen LogP contribution in [0.5, 0.6) is 0 Å². The maximum Gasteiger partial charge on any atom is 0.247 e. The van der Waals surface area contributed by atoms with Crippen molar-refractivity contribution in [3.05, 3.63) is 82.4 Å². The molecule has 1 saturated heterocycles. The maximum absolute atomic E-state index is 13.2. The second-order valence-corrected chi connectivity index (χ2v) is 8.29. The van der Waals surface area contributed by atoms with E-state index in [1.807, 2.05) is 74.5 Å². The van der Waals surface area contributed by atoms with Crippen LogP contribution in [0, 0.1) is 19.8 Å². The Morgan fingerprint density at radius 2 is 1.62 bits per heavy atom. The number of nitrogens with zero attached hydrogens (tertiary/aromatic N) is 1. The van der Waals surface area contributed by atoms with Crippen molar-refractivity contribution < 1.29 is 9.59 Å². The average Bonchev–Trinajstić information content (AvgIpc) is 3.05. The van der Waals surface area contributed by atoms with Gasteiger partial charge in [-0.05, 0) is 25.0 Å². The van der Waals surface area contributed by atoms with Crippen LogP contribution in [0.25, 0.3) is 0 Å². The van der Waals surface area contributed by atoms with Gasteiger partial charge in [0.1, 0.15) is 5.92 Å². The number of hydrazine groups is 1. The number of hydrogen-bond donors (Lipinski definition) is 3. The summed E-state index contributed by atoms with van der Waals surface area (Å²) in [6, 6.07) is 19.3. The Morgan fingerprint density at radius 1 is 1.00 bits per heavy atom. The van der Waals surface area contributed by atoms with Crippen LogP contribution in [0.4, 0.5) is 5.13 Å². The molecule has 0 saturated carbocycles. The number of nitrogens with one attached hydrogen (secondary N) is 3. The first-order valence-corrected chi connectivity index (χ1v) is 10.3. The zero-order valence-corrected chi connectivity index (χ0v) is 17.0. The number of aromatic nitrogens is 1. The van der Waals surface area contributed by atoms with Crippen molar-refractivity contribution in [2.24, 2.45) is 5.92 Å². The molecule has 3 unspecified atom stereocenters. The monoisotopic (exact) mass is 406 g/mol. The molecular weight excluding hydrogens is 384 g/mol. The summed E-state index contributed by atoms with van der Waals surface area (Å²) in [6.45, 7) is 3.86. The maximum atomic E-state index is 13.2. The van der Waals surface area contributed by atoms with Crippen molar-refractivity contribution in [1.82, 2.24) is 15.8 Å². The molecule has 3 aromatic rings. The van der Waals surface area contributed by atoms with Crippen molar-refractivity contribution in [2.45, 2.75) is 25.8 Å². The molecule has 1 aliphatic rings. The molecule has 3 N–H and O–H groups in total. The van der Waals surface area contributed by atoms with Gasteiger partial charge in [0.2, 0.25) is 11.8 Å². The predicted octanol–water partition coefficient (Wildman–Crippen LogP) is 3.47. The van der Waals surface area contributed by atoms with E-state index < -0.39 is 5.92 Å². The molecule has 2 amide bonds. The van der Waals surface area contributed by atoms with E-state index in [1.165, 1.54) is 11.3 Å². The zero-order chi connectivity index (χ0) is 20.4. The molecular formula is C22H22N4O2S. The van der Waals surface area contributed by atoms with Crippen molar-refractivity contribution in [1.29, 1.82) is 0 Å². The lowest BCUT2D eigenvalue weighted by atomic mass is 9.76. The summed E-state index contributed by atoms with van der Waals surface area (Å²) in [4.78, 5) is 31.5. The minimum Gasteiger partial charge on any atom is -0.301 e. The third kappa shape index (κ3) is 3.92. The van der Waals surface area contributed by atoms with Crippen molar-refractivity contribution in [3.8, 4) is 0 Å². The molecule has 148 valence electrons. The van der Waals surface area contributed by atoms with E-state index in [-0.39, 0.29) is 23.8 Å². The van der Waals surface area contributed by atoms with E-state index >= 15 is 0 Å². The SMILES string of the molecule is Cc1nc(NC(=O)C2C(=O)NNC(c3ccccc3)C2c2ccccc2)sc1C. The lowest BCUT2D eigenvalue weighted by molar-refractivity contribution is -0.137. The Morgan fingerprint density at radius 3 is 2.21 bits per heavy atom. The van der Waals surface area contributed by atoms with Gasteiger partial charge in [-0.1, -0.05) is 60.7 Å². The molecule has 6 nitrogen and oxygen atoms in total. The van der Waals surface area contributed by atoms with Gasteiger partial charge in [0.05, 0.1) is 11.7 Å². The normalized spacial score (nSPS) is 21.4. The molecule has 2 heterocycles. The summed E-state index contributed by atoms with van der Waals surface area (Å²) >= 11 is 1.41. The fraction of sp³-hybridized carbons (Fsp3) is 0.227. The highest BCUT2D eigenvalue weighted by Crippen LogP contribution is 2.39. The summed E-state index contributed by atoms with van der Waals surface area (Å²) in [5.74, 6) is -1.97. The number of amides is 2. The standard InChI is InChI=1S/C22H22N4O2S/c1-13-14(2)29-22(23-13)24-20(27)18-17(15-9-5-3-6-10-15)19(25-26-21(18)28)16-11-7-4-8-12-16/h3-12,17-19,25H,1-2H3,(H,26,28)(H,23,24,27). The van der Waals surface area contributed by atoms with Gasteiger partial charge < -0.3 is 5.32 Å². The van der Waals surface area contributed by atoms with Crippen LogP contribution in [-0.2, 0) is 9.59 Å². The molecule has 7 heteroatoms. The summed E-state index contributed by atoms with van der Waals surface area (Å²) in [7, 11) is 0. The highest BCUT2D eigenvalue weighted by atomic mass is 32.1. The average molecular weight is 407 g/mol. The number of hydrogen-bond acceptors (Lipinski definition) is 5. The van der Waals surface area contributed by atoms with Gasteiger partial charge in [-0.3, -0.25) is 15.0 Å². The van der Waals surface area contributed by atoms with Gasteiger partial charge in [-0.25, -0.2) is 10.4 Å². The van der Waals surface area contributed by atoms with Crippen molar-refractivity contribution in [3.63, 3.8) is 0 Å². The summed E-state index contributed by atoms with van der Waals surface area (Å²) in [6.07, 6.45) is 0. The molecule has 1 aromatic heterocycles. The van der Waals surface area contributed by atoms with E-state index in [1.54, 1.807) is 0 Å². The van der Waals surface area contributed by atoms with Gasteiger partial charge in [-0.15, -0.1) is 11.3 Å². The van der Waals surface area contributed by atoms with Crippen molar-refractivity contribution >= 4 is 28.3 Å². The summed E-state index contributed by atoms with van der Waals surface area (Å²) in [5, 5.41) is 3.37. The molecule has 2 aromatic carbocycles. The fourth-order valence-electron chi connectivity index (χ4n) is 3.67. The van der Waals surface area contributed by atoms with Crippen molar-refractivity contribution in [2.75, 3.05) is 5.32 Å². The number of benzene rings is 2. The lowest BCUT2D eigenvalue weighted by Gasteiger charge is -2.38. The summed E-state index contributed by atoms with van der Waals surface area (Å²) < 4.78 is 0. The van der Waals surface area contributed by atoms with E-state index in [4.69, 9.17) is 0 Å². The number of carbonyl (C=O) groups excluding carboxylic acids is 2. The van der Waals surface area contributed by atoms with Gasteiger partial charge in [0.25, 0.3) is 0 Å². The first-order valence-electron chi connectivity index (χ1n) is 9.45. The highest BCUT2D eigenvalue weighted by molar-refractivity contribution is 7.15. The Bertz CT molecular complexity index is 1000. The molecule has 0 radical (unpaired) electrons. The first kappa shape index (κ1) is 19.3. The van der Waals surface area contributed by atoms with E-state index in [2.05, 4.69) is 21.2 Å². The zero-order valence-electron chi connectivity index (χ0n) is 16.2. The predicted molar refractivity (Wildman–Crippen MR) is 113 cm³/mol. The summed E-state index contributed by atoms with van der Waals surface area (Å²) in [5.41, 5.74) is 8.60. The van der Waals surface area contributed by atoms with Crippen LogP contribution >= 0.6 is 11.3 Å². The number of carbonyl (C=O) groups is 2. The van der Waals surface area contributed by atoms with Crippen LogP contribution < -0.4 is 16.2 Å². The molecule has 1 aliphatic heterocycles. The van der Waals surface area contributed by atoms with Gasteiger partial charge in [-0.2, -0.15) is 0 Å². The Balaban J connectivity index is 1.72. The van der Waals surface area contributed by atoms with E-state index in [0.717, 1.165) is 21.7 Å². The molecule has 0 bridgehead atoms. The Hall–Kier alpha value is -3.03. The van der Waals surface area contributed by atoms with Crippen LogP contribution in [0.15, 0.2) is 60.7 Å². The molecule has 29 heavy (non-hydrogen) atoms. The quantitative estimate of drug-likeness (QED) is 0.580. The number of anilines is 1. The smallest absolute Gasteiger partial charge is 0.247 e. The van der Waals surface area contributed by atoms with Gasteiger partial charge in [0, 0.05) is 10.8 Å². The third-order valence-electron chi connectivity index (χ3n) is 5.24. The Labute approximate surface area is 173 Å². The second kappa shape index (κ2) is 8.14. The number of thiazole rings is 1. The lowest BCUT2D eigenvalue weighted by Crippen LogP contribution is -2.56. The van der Waals surface area contributed by atoms with Gasteiger partial charge >= 0.3 is 0 Å². The molecule has 4 rings (SSSR count). The number of aryl methyl sites for hydroxylation is 2. The van der Waals surface area contributed by atoms with E-state index in [0.29, 0.717) is 5.13 Å².